The SMILES string of the molecule is NC1CCC(NC(=O)c2ccc3c(c2)NC(=O)CC(C2CCCCC2)N3C(=O)COc2ccc(Cl)cc2)CC1. The van der Waals surface area contributed by atoms with Crippen molar-refractivity contribution in [2.45, 2.75) is 82.3 Å². The number of carbonyl (C=O) groups excluding carboxylic acids is 3. The number of hydrogen-bond acceptors (Lipinski definition) is 5. The van der Waals surface area contributed by atoms with Crippen LogP contribution in [0.25, 0.3) is 0 Å². The van der Waals surface area contributed by atoms with Gasteiger partial charge in [-0.3, -0.25) is 14.4 Å². The molecule has 208 valence electrons. The van der Waals surface area contributed by atoms with Gasteiger partial charge in [0.1, 0.15) is 5.75 Å². The number of anilines is 2. The standard InChI is InChI=1S/C30H37ClN4O4/c31-21-7-13-24(14-8-21)39-18-29(37)35-26-15-6-20(30(38)33-23-11-9-22(32)10-12-23)16-25(26)34-28(36)17-27(35)19-4-2-1-3-5-19/h6-8,13-16,19,22-23,27H,1-5,9-12,17-18,32H2,(H,33,38)(H,34,36). The normalized spacial score (nSPS) is 23.8. The second-order valence-corrected chi connectivity index (χ2v) is 11.5. The number of nitrogens with two attached hydrogens (primary N) is 1. The molecule has 1 aliphatic heterocycles. The number of fused-ring (bicyclic) bond motifs is 1. The van der Waals surface area contributed by atoms with E-state index in [0.29, 0.717) is 27.7 Å². The molecule has 3 aliphatic rings. The first kappa shape index (κ1) is 27.5. The Morgan fingerprint density at radius 3 is 2.44 bits per heavy atom. The molecule has 2 saturated carbocycles. The molecule has 0 bridgehead atoms. The van der Waals surface area contributed by atoms with E-state index in [2.05, 4.69) is 10.6 Å². The molecule has 4 N–H and O–H groups in total. The Kier molecular flexibility index (Phi) is 8.72. The molecule has 2 aromatic rings. The molecular weight excluding hydrogens is 516 g/mol. The monoisotopic (exact) mass is 552 g/mol. The van der Waals surface area contributed by atoms with Crippen molar-refractivity contribution >= 4 is 40.7 Å². The maximum absolute atomic E-state index is 13.8. The fourth-order valence-electron chi connectivity index (χ4n) is 6.14. The van der Waals surface area contributed by atoms with Crippen LogP contribution in [0.4, 0.5) is 11.4 Å². The van der Waals surface area contributed by atoms with Gasteiger partial charge in [0, 0.05) is 35.1 Å². The maximum atomic E-state index is 13.8. The molecule has 0 saturated heterocycles. The van der Waals surface area contributed by atoms with E-state index in [-0.39, 0.29) is 54.8 Å². The highest BCUT2D eigenvalue weighted by Crippen LogP contribution is 2.39. The molecular formula is C30H37ClN4O4. The Labute approximate surface area is 234 Å². The summed E-state index contributed by atoms with van der Waals surface area (Å²) in [6.07, 6.45) is 8.99. The van der Waals surface area contributed by atoms with Crippen molar-refractivity contribution in [3.05, 3.63) is 53.1 Å². The van der Waals surface area contributed by atoms with Crippen LogP contribution in [-0.2, 0) is 9.59 Å². The molecule has 2 fully saturated rings. The Hall–Kier alpha value is -3.10. The molecule has 3 amide bonds. The number of halogens is 1. The van der Waals surface area contributed by atoms with Crippen LogP contribution in [0.2, 0.25) is 5.02 Å². The predicted molar refractivity (Wildman–Crippen MR) is 152 cm³/mol. The van der Waals surface area contributed by atoms with Gasteiger partial charge < -0.3 is 26.0 Å². The summed E-state index contributed by atoms with van der Waals surface area (Å²) in [7, 11) is 0. The van der Waals surface area contributed by atoms with Gasteiger partial charge in [0.2, 0.25) is 5.91 Å². The van der Waals surface area contributed by atoms with E-state index in [0.717, 1.165) is 51.4 Å². The van der Waals surface area contributed by atoms with Crippen LogP contribution in [0.1, 0.15) is 74.6 Å². The third-order valence-electron chi connectivity index (χ3n) is 8.26. The van der Waals surface area contributed by atoms with Gasteiger partial charge in [-0.15, -0.1) is 0 Å². The number of ether oxygens (including phenoxy) is 1. The largest absolute Gasteiger partial charge is 0.484 e. The van der Waals surface area contributed by atoms with E-state index in [1.807, 2.05) is 0 Å². The number of rotatable bonds is 6. The lowest BCUT2D eigenvalue weighted by atomic mass is 9.81. The third-order valence-corrected chi connectivity index (χ3v) is 8.52. The average Bonchev–Trinajstić information content (AvgIpc) is 3.09. The number of nitrogens with zero attached hydrogens (tertiary/aromatic N) is 1. The molecule has 5 rings (SSSR count). The Morgan fingerprint density at radius 1 is 1.00 bits per heavy atom. The van der Waals surface area contributed by atoms with Crippen molar-refractivity contribution in [2.75, 3.05) is 16.8 Å². The highest BCUT2D eigenvalue weighted by atomic mass is 35.5. The first-order chi connectivity index (χ1) is 18.9. The Balaban J connectivity index is 1.40. The van der Waals surface area contributed by atoms with Crippen LogP contribution in [0, 0.1) is 5.92 Å². The maximum Gasteiger partial charge on any atom is 0.265 e. The minimum Gasteiger partial charge on any atom is -0.484 e. The van der Waals surface area contributed by atoms with Crippen LogP contribution in [0.5, 0.6) is 5.75 Å². The smallest absolute Gasteiger partial charge is 0.265 e. The van der Waals surface area contributed by atoms with Crippen molar-refractivity contribution in [1.82, 2.24) is 5.32 Å². The molecule has 8 nitrogen and oxygen atoms in total. The van der Waals surface area contributed by atoms with Gasteiger partial charge in [-0.05, 0) is 86.9 Å². The van der Waals surface area contributed by atoms with Crippen molar-refractivity contribution in [3.8, 4) is 5.75 Å². The number of carbonyl (C=O) groups is 3. The molecule has 1 atom stereocenters. The number of benzene rings is 2. The van der Waals surface area contributed by atoms with E-state index < -0.39 is 0 Å². The summed E-state index contributed by atoms with van der Waals surface area (Å²) in [6, 6.07) is 12.1. The van der Waals surface area contributed by atoms with Gasteiger partial charge in [0.05, 0.1) is 11.4 Å². The zero-order valence-electron chi connectivity index (χ0n) is 22.2. The zero-order chi connectivity index (χ0) is 27.4. The predicted octanol–water partition coefficient (Wildman–Crippen LogP) is 5.04. The molecule has 2 aromatic carbocycles. The second-order valence-electron chi connectivity index (χ2n) is 11.0. The Bertz CT molecular complexity index is 1190. The first-order valence-electron chi connectivity index (χ1n) is 14.1. The van der Waals surface area contributed by atoms with E-state index in [9.17, 15) is 14.4 Å². The Morgan fingerprint density at radius 2 is 1.72 bits per heavy atom. The number of hydrogen-bond donors (Lipinski definition) is 3. The molecule has 0 radical (unpaired) electrons. The minimum atomic E-state index is -0.279. The fraction of sp³-hybridized carbons (Fsp3) is 0.500. The van der Waals surface area contributed by atoms with E-state index in [4.69, 9.17) is 22.1 Å². The summed E-state index contributed by atoms with van der Waals surface area (Å²) in [5.74, 6) is 0.190. The molecule has 1 heterocycles. The number of nitrogens with one attached hydrogen (secondary N) is 2. The third kappa shape index (κ3) is 6.73. The van der Waals surface area contributed by atoms with Gasteiger partial charge >= 0.3 is 0 Å². The lowest BCUT2D eigenvalue weighted by Crippen LogP contribution is -2.47. The van der Waals surface area contributed by atoms with Gasteiger partial charge in [0.25, 0.3) is 11.8 Å². The molecule has 9 heteroatoms. The van der Waals surface area contributed by atoms with E-state index in [1.54, 1.807) is 47.4 Å². The van der Waals surface area contributed by atoms with E-state index in [1.165, 1.54) is 6.42 Å². The second kappa shape index (κ2) is 12.4. The van der Waals surface area contributed by atoms with Gasteiger partial charge in [0.15, 0.2) is 6.61 Å². The van der Waals surface area contributed by atoms with Crippen LogP contribution in [-0.4, -0.2) is 42.5 Å². The number of amides is 3. The van der Waals surface area contributed by atoms with Crippen molar-refractivity contribution in [1.29, 1.82) is 0 Å². The summed E-state index contributed by atoms with van der Waals surface area (Å²) in [6.45, 7) is -0.176. The summed E-state index contributed by atoms with van der Waals surface area (Å²) in [5, 5.41) is 6.67. The van der Waals surface area contributed by atoms with E-state index >= 15 is 0 Å². The zero-order valence-corrected chi connectivity index (χ0v) is 22.9. The van der Waals surface area contributed by atoms with Gasteiger partial charge in [-0.25, -0.2) is 0 Å². The summed E-state index contributed by atoms with van der Waals surface area (Å²) in [4.78, 5) is 41.7. The lowest BCUT2D eigenvalue weighted by Gasteiger charge is -2.37. The fourth-order valence-corrected chi connectivity index (χ4v) is 6.27. The average molecular weight is 553 g/mol. The first-order valence-corrected chi connectivity index (χ1v) is 14.5. The van der Waals surface area contributed by atoms with Crippen molar-refractivity contribution < 1.29 is 19.1 Å². The summed E-state index contributed by atoms with van der Waals surface area (Å²) < 4.78 is 5.82. The highest BCUT2D eigenvalue weighted by Gasteiger charge is 2.38. The molecule has 39 heavy (non-hydrogen) atoms. The van der Waals surface area contributed by atoms with Crippen LogP contribution < -0.4 is 26.0 Å². The van der Waals surface area contributed by atoms with Gasteiger partial charge in [-0.1, -0.05) is 30.9 Å². The van der Waals surface area contributed by atoms with Gasteiger partial charge in [-0.2, -0.15) is 0 Å². The molecule has 0 spiro atoms. The summed E-state index contributed by atoms with van der Waals surface area (Å²) in [5.41, 5.74) is 7.52. The quantitative estimate of drug-likeness (QED) is 0.464. The van der Waals surface area contributed by atoms with Crippen LogP contribution in [0.3, 0.4) is 0 Å². The molecule has 2 aliphatic carbocycles. The lowest BCUT2D eigenvalue weighted by molar-refractivity contribution is -0.121. The molecule has 0 aromatic heterocycles. The molecule has 1 unspecified atom stereocenters. The highest BCUT2D eigenvalue weighted by molar-refractivity contribution is 6.30. The van der Waals surface area contributed by atoms with Crippen molar-refractivity contribution in [3.63, 3.8) is 0 Å². The van der Waals surface area contributed by atoms with Crippen LogP contribution in [0.15, 0.2) is 42.5 Å². The van der Waals surface area contributed by atoms with Crippen molar-refractivity contribution in [2.24, 2.45) is 11.7 Å². The minimum absolute atomic E-state index is 0.0875. The van der Waals surface area contributed by atoms with Crippen LogP contribution >= 0.6 is 11.6 Å². The summed E-state index contributed by atoms with van der Waals surface area (Å²) >= 11 is 5.98. The topological polar surface area (TPSA) is 114 Å².